The van der Waals surface area contributed by atoms with Crippen LogP contribution in [0.5, 0.6) is 0 Å². The number of likely N-dealkylation sites (tertiary alicyclic amines) is 1. The van der Waals surface area contributed by atoms with Crippen LogP contribution in [0.15, 0.2) is 0 Å². The quantitative estimate of drug-likeness (QED) is 0.622. The van der Waals surface area contributed by atoms with Crippen LogP contribution in [0.25, 0.3) is 0 Å². The lowest BCUT2D eigenvalue weighted by molar-refractivity contribution is -0.191. The van der Waals surface area contributed by atoms with Gasteiger partial charge < -0.3 is 4.74 Å². The van der Waals surface area contributed by atoms with Crippen molar-refractivity contribution in [2.24, 2.45) is 17.3 Å². The number of ether oxygens (including phenoxy) is 1. The molecule has 3 heteroatoms. The molecule has 0 N–H and O–H groups in total. The Hall–Kier alpha value is -0.0151. The number of likely N-dealkylation sites (N-methyl/N-ethyl adjacent to an activating group) is 1. The zero-order valence-corrected chi connectivity index (χ0v) is 13.5. The van der Waals surface area contributed by atoms with Crippen molar-refractivity contribution in [3.63, 3.8) is 0 Å². The summed E-state index contributed by atoms with van der Waals surface area (Å²) in [5.74, 6) is 1.78. The van der Waals surface area contributed by atoms with Gasteiger partial charge in [0.1, 0.15) is 7.85 Å². The molecular formula is C16H30BNO. The van der Waals surface area contributed by atoms with Crippen LogP contribution < -0.4 is 0 Å². The van der Waals surface area contributed by atoms with Crippen LogP contribution in [0, 0.1) is 17.3 Å². The molecule has 1 aliphatic carbocycles. The molecule has 2 nitrogen and oxygen atoms in total. The number of fused-ring (bicyclic) bond motifs is 2. The highest BCUT2D eigenvalue weighted by Gasteiger charge is 2.56. The van der Waals surface area contributed by atoms with E-state index in [4.69, 9.17) is 4.74 Å². The summed E-state index contributed by atoms with van der Waals surface area (Å²) in [6.07, 6.45) is 5.56. The Kier molecular flexibility index (Phi) is 3.11. The van der Waals surface area contributed by atoms with Gasteiger partial charge >= 0.3 is 0 Å². The number of rotatable bonds is 0. The number of hydrogen-bond acceptors (Lipinski definition) is 2. The van der Waals surface area contributed by atoms with Crippen LogP contribution in [-0.2, 0) is 4.74 Å². The van der Waals surface area contributed by atoms with Crippen LogP contribution >= 0.6 is 0 Å². The number of nitrogens with zero attached hydrogens (tertiary/aromatic N) is 1. The van der Waals surface area contributed by atoms with E-state index in [-0.39, 0.29) is 0 Å². The van der Waals surface area contributed by atoms with Crippen molar-refractivity contribution in [1.82, 2.24) is 4.90 Å². The van der Waals surface area contributed by atoms with Crippen molar-refractivity contribution in [2.45, 2.75) is 57.3 Å². The van der Waals surface area contributed by atoms with E-state index in [9.17, 15) is 0 Å². The van der Waals surface area contributed by atoms with Gasteiger partial charge in [0.2, 0.25) is 0 Å². The van der Waals surface area contributed by atoms with E-state index >= 15 is 0 Å². The van der Waals surface area contributed by atoms with E-state index in [0.29, 0.717) is 16.3 Å². The van der Waals surface area contributed by atoms with Gasteiger partial charge in [-0.2, -0.15) is 0 Å². The molecular weight excluding hydrogens is 233 g/mol. The molecule has 3 rings (SSSR count). The largest absolute Gasteiger partial charge is 0.377 e. The number of hydrogen-bond donors (Lipinski definition) is 0. The maximum absolute atomic E-state index is 5.64. The van der Waals surface area contributed by atoms with Crippen molar-refractivity contribution in [3.8, 4) is 0 Å². The third-order valence-corrected chi connectivity index (χ3v) is 7.24. The van der Waals surface area contributed by atoms with E-state index in [2.05, 4.69) is 40.6 Å². The Morgan fingerprint density at radius 3 is 2.42 bits per heavy atom. The minimum Gasteiger partial charge on any atom is -0.377 e. The Bertz CT molecular complexity index is 362. The molecule has 3 atom stereocenters. The van der Waals surface area contributed by atoms with Crippen LogP contribution in [0.4, 0.5) is 0 Å². The summed E-state index contributed by atoms with van der Waals surface area (Å²) < 4.78 is 5.64. The van der Waals surface area contributed by atoms with Gasteiger partial charge in [-0.05, 0) is 50.1 Å². The normalized spacial score (nSPS) is 45.3. The van der Waals surface area contributed by atoms with Gasteiger partial charge in [0.15, 0.2) is 0 Å². The van der Waals surface area contributed by atoms with Crippen molar-refractivity contribution in [3.05, 3.63) is 0 Å². The molecule has 2 heterocycles. The first-order chi connectivity index (χ1) is 8.79. The van der Waals surface area contributed by atoms with Gasteiger partial charge in [-0.25, -0.2) is 0 Å². The molecule has 0 aromatic carbocycles. The molecule has 0 aromatic heterocycles. The van der Waals surface area contributed by atoms with E-state index in [0.717, 1.165) is 25.0 Å². The van der Waals surface area contributed by atoms with Crippen LogP contribution in [0.3, 0.4) is 0 Å². The van der Waals surface area contributed by atoms with Crippen molar-refractivity contribution in [1.29, 1.82) is 0 Å². The second kappa shape index (κ2) is 4.24. The Labute approximate surface area is 119 Å². The van der Waals surface area contributed by atoms with Gasteiger partial charge in [0.05, 0.1) is 18.8 Å². The van der Waals surface area contributed by atoms with E-state index in [1.54, 1.807) is 0 Å². The first-order valence-corrected chi connectivity index (χ1v) is 8.08. The topological polar surface area (TPSA) is 12.5 Å². The summed E-state index contributed by atoms with van der Waals surface area (Å²) in [6.45, 7) is 10.7. The third kappa shape index (κ3) is 1.92. The van der Waals surface area contributed by atoms with E-state index < -0.39 is 0 Å². The third-order valence-electron chi connectivity index (χ3n) is 7.24. The SMILES string of the molecule is BC1(C)CCC2C(CCN(C)C23COC3)CC1(C)C. The van der Waals surface area contributed by atoms with Gasteiger partial charge in [0, 0.05) is 0 Å². The summed E-state index contributed by atoms with van der Waals surface area (Å²) >= 11 is 0. The van der Waals surface area contributed by atoms with Gasteiger partial charge in [0.25, 0.3) is 0 Å². The predicted octanol–water partition coefficient (Wildman–Crippen LogP) is 2.35. The second-order valence-corrected chi connectivity index (χ2v) is 8.68. The predicted molar refractivity (Wildman–Crippen MR) is 82.3 cm³/mol. The molecule has 2 aliphatic heterocycles. The Balaban J connectivity index is 1.90. The maximum Gasteiger partial charge on any atom is 0.109 e. The molecule has 3 unspecified atom stereocenters. The first kappa shape index (κ1) is 13.9. The standard InChI is InChI=1S/C16H30BNO/c1-14(2)9-12-6-8-18(4)16(10-19-11-16)13(12)5-7-15(14,3)17/h12-13H,5-11,17H2,1-4H3. The average molecular weight is 263 g/mol. The summed E-state index contributed by atoms with van der Waals surface area (Å²) in [7, 11) is 4.80. The minimum absolute atomic E-state index is 0.388. The van der Waals surface area contributed by atoms with Crippen LogP contribution in [0.2, 0.25) is 5.31 Å². The summed E-state index contributed by atoms with van der Waals surface area (Å²) in [5, 5.41) is 0.467. The Morgan fingerprint density at radius 1 is 1.16 bits per heavy atom. The lowest BCUT2D eigenvalue weighted by Gasteiger charge is -2.58. The summed E-state index contributed by atoms with van der Waals surface area (Å²) in [5.41, 5.74) is 0.855. The molecule has 0 radical (unpaired) electrons. The molecule has 108 valence electrons. The van der Waals surface area contributed by atoms with E-state index in [1.807, 2.05) is 0 Å². The fraction of sp³-hybridized carbons (Fsp3) is 1.00. The highest BCUT2D eigenvalue weighted by Crippen LogP contribution is 2.58. The van der Waals surface area contributed by atoms with Gasteiger partial charge in [-0.1, -0.05) is 32.5 Å². The summed E-state index contributed by atoms with van der Waals surface area (Å²) in [6, 6.07) is 0. The van der Waals surface area contributed by atoms with Crippen LogP contribution in [-0.4, -0.2) is 45.1 Å². The van der Waals surface area contributed by atoms with E-state index in [1.165, 1.54) is 32.2 Å². The average Bonchev–Trinajstić information content (AvgIpc) is 2.34. The molecule has 1 spiro atoms. The molecule has 3 fully saturated rings. The maximum atomic E-state index is 5.64. The van der Waals surface area contributed by atoms with Crippen molar-refractivity contribution < 1.29 is 4.74 Å². The molecule has 0 aromatic rings. The monoisotopic (exact) mass is 263 g/mol. The van der Waals surface area contributed by atoms with Gasteiger partial charge in [-0.3, -0.25) is 4.90 Å². The minimum atomic E-state index is 0.388. The number of piperidine rings is 1. The fourth-order valence-corrected chi connectivity index (χ4v) is 4.79. The van der Waals surface area contributed by atoms with Crippen molar-refractivity contribution in [2.75, 3.05) is 26.8 Å². The molecule has 19 heavy (non-hydrogen) atoms. The zero-order valence-electron chi connectivity index (χ0n) is 13.5. The summed E-state index contributed by atoms with van der Waals surface area (Å²) in [4.78, 5) is 2.61. The zero-order chi connectivity index (χ0) is 13.9. The molecule has 2 saturated heterocycles. The molecule has 3 aliphatic rings. The Morgan fingerprint density at radius 2 is 1.84 bits per heavy atom. The molecule has 1 saturated carbocycles. The first-order valence-electron chi connectivity index (χ1n) is 8.08. The van der Waals surface area contributed by atoms with Crippen LogP contribution in [0.1, 0.15) is 46.5 Å². The lowest BCUT2D eigenvalue weighted by Crippen LogP contribution is -2.69. The smallest absolute Gasteiger partial charge is 0.109 e. The second-order valence-electron chi connectivity index (χ2n) is 8.68. The lowest BCUT2D eigenvalue weighted by atomic mass is 9.52. The molecule has 0 amide bonds. The molecule has 0 bridgehead atoms. The fourth-order valence-electron chi connectivity index (χ4n) is 4.79. The van der Waals surface area contributed by atoms with Crippen molar-refractivity contribution >= 4 is 7.85 Å². The highest BCUT2D eigenvalue weighted by atomic mass is 16.5. The van der Waals surface area contributed by atoms with Gasteiger partial charge in [-0.15, -0.1) is 0 Å². The highest BCUT2D eigenvalue weighted by molar-refractivity contribution is 6.15.